The van der Waals surface area contributed by atoms with Gasteiger partial charge in [0.05, 0.1) is 0 Å². The van der Waals surface area contributed by atoms with Gasteiger partial charge in [0.1, 0.15) is 0 Å². The SMILES string of the molecule is CCCP(OP(=O)(OC)OC)(c1ccccc1)(c1ccccc1)c1ccccc1. The van der Waals surface area contributed by atoms with Gasteiger partial charge in [0, 0.05) is 0 Å². The second-order valence-corrected chi connectivity index (χ2v) is 13.5. The van der Waals surface area contributed by atoms with Gasteiger partial charge in [-0.05, 0) is 0 Å². The summed E-state index contributed by atoms with van der Waals surface area (Å²) in [6, 6.07) is 30.2. The van der Waals surface area contributed by atoms with E-state index in [1.54, 1.807) is 0 Å². The van der Waals surface area contributed by atoms with Gasteiger partial charge in [0.25, 0.3) is 0 Å². The van der Waals surface area contributed by atoms with E-state index in [9.17, 15) is 4.57 Å². The molecule has 0 bridgehead atoms. The molecule has 0 aromatic heterocycles. The summed E-state index contributed by atoms with van der Waals surface area (Å²) in [7, 11) is -1.11. The van der Waals surface area contributed by atoms with Crippen molar-refractivity contribution in [3.63, 3.8) is 0 Å². The van der Waals surface area contributed by atoms with Gasteiger partial charge in [-0.1, -0.05) is 0 Å². The van der Waals surface area contributed by atoms with Crippen LogP contribution in [0.2, 0.25) is 0 Å². The van der Waals surface area contributed by atoms with Gasteiger partial charge in [-0.15, -0.1) is 0 Å². The average Bonchev–Trinajstić information content (AvgIpc) is 2.80. The quantitative estimate of drug-likeness (QED) is 0.435. The van der Waals surface area contributed by atoms with Crippen LogP contribution in [0.3, 0.4) is 0 Å². The Hall–Kier alpha value is -1.80. The summed E-state index contributed by atoms with van der Waals surface area (Å²) in [4.78, 5) is 0. The molecule has 0 saturated carbocycles. The average molecular weight is 430 g/mol. The maximum atomic E-state index is 13.5. The fourth-order valence-corrected chi connectivity index (χ4v) is 12.9. The number of benzene rings is 3. The topological polar surface area (TPSA) is 44.8 Å². The molecule has 3 aromatic carbocycles. The van der Waals surface area contributed by atoms with Crippen molar-refractivity contribution in [2.45, 2.75) is 13.3 Å². The van der Waals surface area contributed by atoms with E-state index in [0.717, 1.165) is 22.3 Å². The molecule has 0 radical (unpaired) electrons. The first-order chi connectivity index (χ1) is 14.0. The van der Waals surface area contributed by atoms with Crippen molar-refractivity contribution in [2.75, 3.05) is 20.4 Å². The van der Waals surface area contributed by atoms with Gasteiger partial charge < -0.3 is 0 Å². The van der Waals surface area contributed by atoms with E-state index < -0.39 is 14.7 Å². The molecule has 0 N–H and O–H groups in total. The van der Waals surface area contributed by atoms with Crippen molar-refractivity contribution in [3.05, 3.63) is 91.0 Å². The second kappa shape index (κ2) is 8.92. The summed E-state index contributed by atoms with van der Waals surface area (Å²) >= 11 is 0. The third-order valence-corrected chi connectivity index (χ3v) is 13.9. The predicted molar refractivity (Wildman–Crippen MR) is 123 cm³/mol. The summed E-state index contributed by atoms with van der Waals surface area (Å²) in [5.74, 6) is 0. The van der Waals surface area contributed by atoms with E-state index in [1.165, 1.54) is 14.2 Å². The van der Waals surface area contributed by atoms with E-state index in [0.29, 0.717) is 6.16 Å². The second-order valence-electron chi connectivity index (χ2n) is 6.84. The molecular formula is C23H28O4P2. The molecule has 3 rings (SSSR count). The molecule has 0 fully saturated rings. The van der Waals surface area contributed by atoms with E-state index in [2.05, 4.69) is 43.3 Å². The van der Waals surface area contributed by atoms with Crippen LogP contribution in [0.5, 0.6) is 0 Å². The van der Waals surface area contributed by atoms with Crippen LogP contribution in [0.15, 0.2) is 91.0 Å². The molecule has 0 heterocycles. The van der Waals surface area contributed by atoms with E-state index in [-0.39, 0.29) is 0 Å². The molecular weight excluding hydrogens is 402 g/mol. The van der Waals surface area contributed by atoms with Crippen LogP contribution in [0.25, 0.3) is 0 Å². The summed E-state index contributed by atoms with van der Waals surface area (Å²) in [6.45, 7) is -1.57. The number of hydrogen-bond donors (Lipinski definition) is 0. The zero-order valence-corrected chi connectivity index (χ0v) is 18.9. The number of hydrogen-bond acceptors (Lipinski definition) is 4. The third kappa shape index (κ3) is 3.72. The Balaban J connectivity index is 2.53. The molecule has 0 aliphatic carbocycles. The fourth-order valence-electron chi connectivity index (χ4n) is 4.04. The summed E-state index contributed by atoms with van der Waals surface area (Å²) in [5.41, 5.74) is 0. The molecule has 29 heavy (non-hydrogen) atoms. The Morgan fingerprint density at radius 1 is 0.690 bits per heavy atom. The minimum atomic E-state index is -3.84. The molecule has 0 saturated heterocycles. The first-order valence-electron chi connectivity index (χ1n) is 9.66. The Morgan fingerprint density at radius 2 is 1.03 bits per heavy atom. The Labute approximate surface area is 173 Å². The molecule has 154 valence electrons. The van der Waals surface area contributed by atoms with Gasteiger partial charge in [-0.2, -0.15) is 0 Å². The zero-order chi connectivity index (χ0) is 20.8. The van der Waals surface area contributed by atoms with Crippen molar-refractivity contribution in [1.29, 1.82) is 0 Å². The fraction of sp³-hybridized carbons (Fsp3) is 0.217. The van der Waals surface area contributed by atoms with Crippen molar-refractivity contribution in [1.82, 2.24) is 0 Å². The summed E-state index contributed by atoms with van der Waals surface area (Å²) in [6.07, 6.45) is 1.49. The number of phosphoric ester groups is 1. The van der Waals surface area contributed by atoms with E-state index >= 15 is 0 Å². The van der Waals surface area contributed by atoms with Gasteiger partial charge in [0.2, 0.25) is 0 Å². The zero-order valence-electron chi connectivity index (χ0n) is 17.1. The van der Waals surface area contributed by atoms with Crippen LogP contribution in [0, 0.1) is 0 Å². The first kappa shape index (κ1) is 21.9. The van der Waals surface area contributed by atoms with Gasteiger partial charge in [-0.25, -0.2) is 0 Å². The van der Waals surface area contributed by atoms with Crippen LogP contribution >= 0.6 is 14.7 Å². The van der Waals surface area contributed by atoms with Gasteiger partial charge >= 0.3 is 173 Å². The number of phosphoric acid groups is 1. The summed E-state index contributed by atoms with van der Waals surface area (Å²) < 4.78 is 30.9. The molecule has 0 aliphatic heterocycles. The van der Waals surface area contributed by atoms with Gasteiger partial charge in [-0.3, -0.25) is 0 Å². The van der Waals surface area contributed by atoms with Crippen LogP contribution in [0.4, 0.5) is 0 Å². The molecule has 0 unspecified atom stereocenters. The van der Waals surface area contributed by atoms with Gasteiger partial charge in [0.15, 0.2) is 0 Å². The molecule has 6 heteroatoms. The first-order valence-corrected chi connectivity index (χ1v) is 13.5. The van der Waals surface area contributed by atoms with Crippen molar-refractivity contribution in [3.8, 4) is 0 Å². The van der Waals surface area contributed by atoms with Crippen molar-refractivity contribution < 1.29 is 17.9 Å². The molecule has 0 aliphatic rings. The van der Waals surface area contributed by atoms with E-state index in [4.69, 9.17) is 13.4 Å². The maximum absolute atomic E-state index is 13.5. The Morgan fingerprint density at radius 3 is 1.31 bits per heavy atom. The molecule has 0 spiro atoms. The molecule has 4 nitrogen and oxygen atoms in total. The van der Waals surface area contributed by atoms with Crippen LogP contribution < -0.4 is 15.9 Å². The van der Waals surface area contributed by atoms with Crippen molar-refractivity contribution in [2.24, 2.45) is 0 Å². The van der Waals surface area contributed by atoms with Crippen LogP contribution in [-0.4, -0.2) is 20.4 Å². The van der Waals surface area contributed by atoms with Crippen LogP contribution in [0.1, 0.15) is 13.3 Å². The predicted octanol–water partition coefficient (Wildman–Crippen LogP) is 5.26. The normalized spacial score (nSPS) is 13.6. The Kier molecular flexibility index (Phi) is 6.73. The molecule has 0 atom stereocenters. The molecule has 0 amide bonds. The number of rotatable bonds is 9. The third-order valence-electron chi connectivity index (χ3n) is 5.28. The minimum absolute atomic E-state index is 0.667. The molecule has 3 aromatic rings. The standard InChI is InChI=1S/C23H28O4P2/c1-4-20-29(21-14-8-5-9-15-21,22-16-10-6-11-17-22,23-18-12-7-13-19-23)27-28(24,25-2)26-3/h5-19H,4,20H2,1-3H3. The summed E-state index contributed by atoms with van der Waals surface area (Å²) in [5, 5.41) is 2.98. The van der Waals surface area contributed by atoms with E-state index in [1.807, 2.05) is 54.6 Å². The van der Waals surface area contributed by atoms with Crippen LogP contribution in [-0.2, 0) is 17.9 Å². The van der Waals surface area contributed by atoms with Crippen molar-refractivity contribution >= 4 is 30.6 Å². The monoisotopic (exact) mass is 430 g/mol. The Bertz CT molecular complexity index is 855.